The monoisotopic (exact) mass is 512 g/mol. The number of benzene rings is 1. The Morgan fingerprint density at radius 3 is 2.70 bits per heavy atom. The molecule has 7 heteroatoms. The lowest BCUT2D eigenvalue weighted by atomic mass is 10.00. The molecule has 0 saturated carbocycles. The van der Waals surface area contributed by atoms with Crippen molar-refractivity contribution in [2.75, 3.05) is 18.0 Å². The largest absolute Gasteiger partial charge is 0.397 e. The van der Waals surface area contributed by atoms with Gasteiger partial charge in [-0.1, -0.05) is 0 Å². The molecule has 1 unspecified atom stereocenters. The highest BCUT2D eigenvalue weighted by atomic mass is 127. The Morgan fingerprint density at radius 1 is 1.30 bits per heavy atom. The van der Waals surface area contributed by atoms with Crippen LogP contribution < -0.4 is 16.8 Å². The molecule has 0 saturated heterocycles. The van der Waals surface area contributed by atoms with Gasteiger partial charge in [-0.15, -0.1) is 11.3 Å². The highest BCUT2D eigenvalue weighted by Gasteiger charge is 2.24. The van der Waals surface area contributed by atoms with Crippen LogP contribution in [0.15, 0.2) is 12.1 Å². The van der Waals surface area contributed by atoms with E-state index in [0.29, 0.717) is 11.2 Å². The second-order valence-electron chi connectivity index (χ2n) is 4.80. The topological polar surface area (TPSA) is 77.0 Å². The van der Waals surface area contributed by atoms with Gasteiger partial charge < -0.3 is 16.8 Å². The number of nitrogens with zero attached hydrogens (tertiary/aromatic N) is 1. The fourth-order valence-corrected chi connectivity index (χ4v) is 5.30. The Morgan fingerprint density at radius 2 is 2.00 bits per heavy atom. The number of halogens is 2. The van der Waals surface area contributed by atoms with Crippen LogP contribution in [0.5, 0.6) is 0 Å². The number of hydrogen-bond acceptors (Lipinski definition) is 5. The molecule has 0 fully saturated rings. The maximum Gasteiger partial charge on any atom is 0.180 e. The number of nitrogens with one attached hydrogen (secondary N) is 1. The van der Waals surface area contributed by atoms with E-state index in [2.05, 4.69) is 67.6 Å². The molecule has 1 aliphatic rings. The van der Waals surface area contributed by atoms with Crippen LogP contribution in [0.3, 0.4) is 0 Å². The second-order valence-corrected chi connectivity index (χ2v) is 8.18. The molecule has 1 aromatic carbocycles. The van der Waals surface area contributed by atoms with Gasteiger partial charge in [0.1, 0.15) is 0 Å². The van der Waals surface area contributed by atoms with Gasteiger partial charge in [-0.2, -0.15) is 0 Å². The first-order chi connectivity index (χ1) is 9.54. The molecular formula is C13H14I2N4S. The van der Waals surface area contributed by atoms with Crippen LogP contribution in [0.2, 0.25) is 0 Å². The zero-order chi connectivity index (χ0) is 14.3. The van der Waals surface area contributed by atoms with E-state index in [1.807, 2.05) is 0 Å². The predicted octanol–water partition coefficient (Wildman–Crippen LogP) is 2.95. The number of hydrogen-bond donors (Lipinski definition) is 3. The van der Waals surface area contributed by atoms with E-state index < -0.39 is 0 Å². The predicted molar refractivity (Wildman–Crippen MR) is 101 cm³/mol. The van der Waals surface area contributed by atoms with Crippen LogP contribution >= 0.6 is 56.5 Å². The van der Waals surface area contributed by atoms with Crippen molar-refractivity contribution >= 4 is 67.3 Å². The van der Waals surface area contributed by atoms with E-state index in [-0.39, 0.29) is 0 Å². The summed E-state index contributed by atoms with van der Waals surface area (Å²) < 4.78 is 2.23. The molecule has 0 spiro atoms. The Hall–Kier alpha value is -0.130. The summed E-state index contributed by atoms with van der Waals surface area (Å²) >= 11 is 6.19. The fourth-order valence-electron chi connectivity index (χ4n) is 2.45. The maximum atomic E-state index is 6.01. The third-order valence-corrected chi connectivity index (χ3v) is 6.22. The Balaban J connectivity index is 1.89. The number of rotatable bonds is 2. The number of anilines is 2. The van der Waals surface area contributed by atoms with Crippen molar-refractivity contribution in [2.45, 2.75) is 18.9 Å². The molecule has 5 N–H and O–H groups in total. The molecule has 3 rings (SSSR count). The van der Waals surface area contributed by atoms with E-state index >= 15 is 0 Å². The van der Waals surface area contributed by atoms with E-state index in [9.17, 15) is 0 Å². The third-order valence-electron chi connectivity index (χ3n) is 3.39. The first-order valence-electron chi connectivity index (χ1n) is 6.26. The molecule has 1 aromatic heterocycles. The fraction of sp³-hybridized carbons (Fsp3) is 0.308. The minimum Gasteiger partial charge on any atom is -0.397 e. The van der Waals surface area contributed by atoms with E-state index in [0.717, 1.165) is 37.9 Å². The Kier molecular flexibility index (Phi) is 4.39. The van der Waals surface area contributed by atoms with Crippen molar-refractivity contribution in [3.63, 3.8) is 0 Å². The van der Waals surface area contributed by atoms with Gasteiger partial charge >= 0.3 is 0 Å². The van der Waals surface area contributed by atoms with Gasteiger partial charge in [-0.05, 0) is 69.3 Å². The normalized spacial score (nSPS) is 18.0. The summed E-state index contributed by atoms with van der Waals surface area (Å²) in [5, 5.41) is 4.24. The van der Waals surface area contributed by atoms with Gasteiger partial charge in [-0.25, -0.2) is 4.98 Å². The molecule has 2 aromatic rings. The molecule has 0 amide bonds. The molecule has 1 aliphatic heterocycles. The van der Waals surface area contributed by atoms with E-state index in [4.69, 9.17) is 11.5 Å². The number of aromatic nitrogens is 1. The van der Waals surface area contributed by atoms with Crippen LogP contribution in [0.4, 0.5) is 10.8 Å². The smallest absolute Gasteiger partial charge is 0.180 e. The first-order valence-corrected chi connectivity index (χ1v) is 9.24. The quantitative estimate of drug-likeness (QED) is 0.428. The number of nitrogens with two attached hydrogens (primary N) is 2. The Labute approximate surface area is 149 Å². The van der Waals surface area contributed by atoms with Crippen LogP contribution in [0.25, 0.3) is 0 Å². The molecule has 0 aliphatic carbocycles. The van der Waals surface area contributed by atoms with Gasteiger partial charge in [0, 0.05) is 31.0 Å². The summed E-state index contributed by atoms with van der Waals surface area (Å²) in [6.07, 6.45) is 1.91. The van der Waals surface area contributed by atoms with E-state index in [1.54, 1.807) is 11.3 Å². The lowest BCUT2D eigenvalue weighted by Crippen LogP contribution is -2.30. The molecule has 0 radical (unpaired) electrons. The highest BCUT2D eigenvalue weighted by Crippen LogP contribution is 2.33. The summed E-state index contributed by atoms with van der Waals surface area (Å²) in [6, 6.07) is 4.64. The van der Waals surface area contributed by atoms with Crippen molar-refractivity contribution in [2.24, 2.45) is 0 Å². The lowest BCUT2D eigenvalue weighted by Gasteiger charge is -2.23. The minimum absolute atomic E-state index is 0.309. The molecule has 1 atom stereocenters. The Bertz CT molecular complexity index is 633. The average molecular weight is 512 g/mol. The maximum absolute atomic E-state index is 6.01. The minimum atomic E-state index is 0.309. The molecule has 106 valence electrons. The molecule has 2 heterocycles. The molecular weight excluding hydrogens is 498 g/mol. The summed E-state index contributed by atoms with van der Waals surface area (Å²) in [6.45, 7) is 0.962. The number of fused-ring (bicyclic) bond motifs is 1. The van der Waals surface area contributed by atoms with Crippen molar-refractivity contribution in [3.8, 4) is 0 Å². The second kappa shape index (κ2) is 5.93. The lowest BCUT2D eigenvalue weighted by molar-refractivity contribution is 0.507. The van der Waals surface area contributed by atoms with E-state index in [1.165, 1.54) is 10.4 Å². The number of nitrogen functional groups attached to an aromatic ring is 2. The van der Waals surface area contributed by atoms with Gasteiger partial charge in [0.25, 0.3) is 0 Å². The summed E-state index contributed by atoms with van der Waals surface area (Å²) in [7, 11) is 0. The zero-order valence-electron chi connectivity index (χ0n) is 10.6. The zero-order valence-corrected chi connectivity index (χ0v) is 15.8. The summed E-state index contributed by atoms with van der Waals surface area (Å²) in [4.78, 5) is 5.71. The third kappa shape index (κ3) is 2.90. The van der Waals surface area contributed by atoms with Crippen LogP contribution in [0.1, 0.15) is 22.2 Å². The summed E-state index contributed by atoms with van der Waals surface area (Å²) in [5.74, 6) is 0. The highest BCUT2D eigenvalue weighted by molar-refractivity contribution is 14.1. The van der Waals surface area contributed by atoms with Crippen LogP contribution in [-0.2, 0) is 12.8 Å². The average Bonchev–Trinajstić information content (AvgIpc) is 2.77. The molecule has 4 nitrogen and oxygen atoms in total. The number of thiazole rings is 1. The summed E-state index contributed by atoms with van der Waals surface area (Å²) in [5.41, 5.74) is 15.2. The first kappa shape index (κ1) is 14.8. The standard InChI is InChI=1S/C13H14I2N4S/c14-7-3-6(4-8(15)11(7)16)5-10-12-9(1-2-18-10)19-13(17)20-12/h3-4,10,18H,1-2,5,16H2,(H2,17,19). The van der Waals surface area contributed by atoms with Crippen molar-refractivity contribution < 1.29 is 0 Å². The van der Waals surface area contributed by atoms with Gasteiger partial charge in [0.2, 0.25) is 0 Å². The van der Waals surface area contributed by atoms with Gasteiger partial charge in [0.15, 0.2) is 5.13 Å². The van der Waals surface area contributed by atoms with Gasteiger partial charge in [-0.3, -0.25) is 0 Å². The van der Waals surface area contributed by atoms with Crippen molar-refractivity contribution in [1.29, 1.82) is 0 Å². The SMILES string of the molecule is Nc1nc2c(s1)C(Cc1cc(I)c(N)c(I)c1)NCC2. The van der Waals surface area contributed by atoms with Crippen molar-refractivity contribution in [3.05, 3.63) is 35.4 Å². The van der Waals surface area contributed by atoms with Gasteiger partial charge in [0.05, 0.1) is 11.4 Å². The molecule has 20 heavy (non-hydrogen) atoms. The van der Waals surface area contributed by atoms with Crippen LogP contribution in [0, 0.1) is 7.14 Å². The molecule has 0 bridgehead atoms. The van der Waals surface area contributed by atoms with Crippen LogP contribution in [-0.4, -0.2) is 11.5 Å². The van der Waals surface area contributed by atoms with Crippen molar-refractivity contribution in [1.82, 2.24) is 10.3 Å².